The van der Waals surface area contributed by atoms with Crippen LogP contribution < -0.4 is 11.3 Å². The van der Waals surface area contributed by atoms with Gasteiger partial charge in [0, 0.05) is 19.1 Å². The molecule has 0 amide bonds. The fourth-order valence-electron chi connectivity index (χ4n) is 1.63. The molecule has 2 unspecified atom stereocenters. The molecule has 0 aromatic heterocycles. The van der Waals surface area contributed by atoms with E-state index >= 15 is 0 Å². The van der Waals surface area contributed by atoms with Crippen molar-refractivity contribution in [3.05, 3.63) is 0 Å². The molecule has 3 N–H and O–H groups in total. The Kier molecular flexibility index (Phi) is 9.60. The first-order valence-corrected chi connectivity index (χ1v) is 5.77. The molecule has 3 heteroatoms. The fourth-order valence-corrected chi connectivity index (χ4v) is 1.63. The van der Waals surface area contributed by atoms with Crippen LogP contribution in [0.2, 0.25) is 0 Å². The second-order valence-electron chi connectivity index (χ2n) is 3.52. The largest absolute Gasteiger partial charge is 0.377 e. The van der Waals surface area contributed by atoms with E-state index in [1.807, 2.05) is 13.8 Å². The lowest BCUT2D eigenvalue weighted by Crippen LogP contribution is -2.45. The van der Waals surface area contributed by atoms with Crippen molar-refractivity contribution in [2.45, 2.75) is 58.6 Å². The van der Waals surface area contributed by atoms with Crippen molar-refractivity contribution < 1.29 is 4.74 Å². The lowest BCUT2D eigenvalue weighted by atomic mass is 10.0. The Morgan fingerprint density at radius 3 is 2.53 bits per heavy atom. The first kappa shape index (κ1) is 14.4. The van der Waals surface area contributed by atoms with E-state index in [-0.39, 0.29) is 12.1 Å². The molecule has 0 radical (unpaired) electrons. The molecule has 0 aromatic carbocycles. The van der Waals surface area contributed by atoms with Gasteiger partial charge < -0.3 is 4.74 Å². The Morgan fingerprint density at radius 1 is 1.33 bits per heavy atom. The van der Waals surface area contributed by atoms with Crippen molar-refractivity contribution in [3.63, 3.8) is 0 Å². The number of hydrazine groups is 1. The van der Waals surface area contributed by atoms with Crippen molar-refractivity contribution in [2.75, 3.05) is 6.61 Å². The van der Waals surface area contributed by atoms with Crippen molar-refractivity contribution in [3.8, 4) is 11.8 Å². The number of hydrogen-bond donors (Lipinski definition) is 2. The normalized spacial score (nSPS) is 14.1. The highest BCUT2D eigenvalue weighted by molar-refractivity contribution is 4.96. The monoisotopic (exact) mass is 212 g/mol. The van der Waals surface area contributed by atoms with E-state index in [1.165, 1.54) is 0 Å². The Bertz CT molecular complexity index is 190. The molecule has 0 aliphatic rings. The lowest BCUT2D eigenvalue weighted by Gasteiger charge is -2.25. The minimum atomic E-state index is 0.212. The van der Waals surface area contributed by atoms with Crippen LogP contribution in [0.1, 0.15) is 46.5 Å². The second kappa shape index (κ2) is 9.97. The highest BCUT2D eigenvalue weighted by atomic mass is 16.5. The van der Waals surface area contributed by atoms with Gasteiger partial charge in [-0.25, -0.2) is 0 Å². The predicted molar refractivity (Wildman–Crippen MR) is 64.1 cm³/mol. The van der Waals surface area contributed by atoms with Gasteiger partial charge in [0.25, 0.3) is 0 Å². The zero-order valence-electron chi connectivity index (χ0n) is 10.2. The zero-order chi connectivity index (χ0) is 11.5. The van der Waals surface area contributed by atoms with E-state index in [4.69, 9.17) is 10.6 Å². The van der Waals surface area contributed by atoms with Gasteiger partial charge >= 0.3 is 0 Å². The van der Waals surface area contributed by atoms with E-state index in [1.54, 1.807) is 0 Å². The van der Waals surface area contributed by atoms with Crippen LogP contribution in [0.25, 0.3) is 0 Å². The Hall–Kier alpha value is -0.560. The van der Waals surface area contributed by atoms with Gasteiger partial charge in [-0.2, -0.15) is 0 Å². The van der Waals surface area contributed by atoms with E-state index in [0.717, 1.165) is 32.3 Å². The molecule has 0 fully saturated rings. The second-order valence-corrected chi connectivity index (χ2v) is 3.52. The summed E-state index contributed by atoms with van der Waals surface area (Å²) in [7, 11) is 0. The molecule has 0 heterocycles. The van der Waals surface area contributed by atoms with Crippen LogP contribution in [0.15, 0.2) is 0 Å². The van der Waals surface area contributed by atoms with E-state index in [9.17, 15) is 0 Å². The zero-order valence-corrected chi connectivity index (χ0v) is 10.2. The number of rotatable bonds is 8. The maximum absolute atomic E-state index is 5.68. The number of ether oxygens (including phenoxy) is 1. The van der Waals surface area contributed by atoms with Crippen molar-refractivity contribution >= 4 is 0 Å². The molecule has 0 aromatic rings. The van der Waals surface area contributed by atoms with Crippen LogP contribution in [-0.4, -0.2) is 18.8 Å². The average Bonchev–Trinajstić information content (AvgIpc) is 2.24. The molecule has 0 rings (SSSR count). The number of nitrogens with one attached hydrogen (secondary N) is 1. The quantitative estimate of drug-likeness (QED) is 0.366. The molecule has 88 valence electrons. The summed E-state index contributed by atoms with van der Waals surface area (Å²) in [4.78, 5) is 0. The Labute approximate surface area is 93.7 Å². The summed E-state index contributed by atoms with van der Waals surface area (Å²) < 4.78 is 5.68. The van der Waals surface area contributed by atoms with Crippen LogP contribution in [-0.2, 0) is 4.74 Å². The van der Waals surface area contributed by atoms with Crippen molar-refractivity contribution in [1.29, 1.82) is 0 Å². The molecule has 0 spiro atoms. The third-order valence-electron chi connectivity index (χ3n) is 2.37. The third-order valence-corrected chi connectivity index (χ3v) is 2.37. The van der Waals surface area contributed by atoms with Gasteiger partial charge in [-0.3, -0.25) is 11.3 Å². The lowest BCUT2D eigenvalue weighted by molar-refractivity contribution is 0.0263. The third kappa shape index (κ3) is 6.51. The molecule has 0 saturated heterocycles. The highest BCUT2D eigenvalue weighted by Crippen LogP contribution is 2.11. The standard InChI is InChI=1S/C12H24N2O/c1-4-7-8-10-11(14-13)12(9-5-2)15-6-3/h11-12,14H,5-6,8-10,13H2,1-3H3. The molecular weight excluding hydrogens is 188 g/mol. The fraction of sp³-hybridized carbons (Fsp3) is 0.833. The summed E-state index contributed by atoms with van der Waals surface area (Å²) in [5, 5.41) is 0. The van der Waals surface area contributed by atoms with Crippen LogP contribution in [0.5, 0.6) is 0 Å². The molecular formula is C12H24N2O. The maximum Gasteiger partial charge on any atom is 0.0741 e. The molecule has 0 aliphatic carbocycles. The summed E-state index contributed by atoms with van der Waals surface area (Å²) in [5.74, 6) is 11.5. The van der Waals surface area contributed by atoms with Crippen LogP contribution in [0.3, 0.4) is 0 Å². The topological polar surface area (TPSA) is 47.3 Å². The highest BCUT2D eigenvalue weighted by Gasteiger charge is 2.18. The van der Waals surface area contributed by atoms with Gasteiger partial charge in [0.05, 0.1) is 6.10 Å². The van der Waals surface area contributed by atoms with Gasteiger partial charge in [0.1, 0.15) is 0 Å². The summed E-state index contributed by atoms with van der Waals surface area (Å²) in [6.45, 7) is 6.77. The molecule has 0 aliphatic heterocycles. The maximum atomic E-state index is 5.68. The van der Waals surface area contributed by atoms with E-state index in [0.29, 0.717) is 0 Å². The van der Waals surface area contributed by atoms with Crippen molar-refractivity contribution in [1.82, 2.24) is 5.43 Å². The van der Waals surface area contributed by atoms with Gasteiger partial charge in [0.15, 0.2) is 0 Å². The number of nitrogens with two attached hydrogens (primary N) is 1. The summed E-state index contributed by atoms with van der Waals surface area (Å²) >= 11 is 0. The first-order valence-electron chi connectivity index (χ1n) is 5.77. The Balaban J connectivity index is 4.08. The SMILES string of the molecule is CC#CCCC(NN)C(CCC)OCC. The van der Waals surface area contributed by atoms with E-state index < -0.39 is 0 Å². The Morgan fingerprint density at radius 2 is 2.07 bits per heavy atom. The summed E-state index contributed by atoms with van der Waals surface area (Å²) in [5.41, 5.74) is 2.84. The molecule has 0 saturated carbocycles. The molecule has 15 heavy (non-hydrogen) atoms. The van der Waals surface area contributed by atoms with Gasteiger partial charge in [0.2, 0.25) is 0 Å². The van der Waals surface area contributed by atoms with E-state index in [2.05, 4.69) is 24.2 Å². The van der Waals surface area contributed by atoms with Gasteiger partial charge in [-0.1, -0.05) is 13.3 Å². The molecule has 3 nitrogen and oxygen atoms in total. The smallest absolute Gasteiger partial charge is 0.0741 e. The summed E-state index contributed by atoms with van der Waals surface area (Å²) in [6.07, 6.45) is 4.19. The van der Waals surface area contributed by atoms with Gasteiger partial charge in [-0.05, 0) is 26.7 Å². The number of hydrogen-bond acceptors (Lipinski definition) is 3. The molecule has 0 bridgehead atoms. The van der Waals surface area contributed by atoms with Crippen LogP contribution in [0, 0.1) is 11.8 Å². The van der Waals surface area contributed by atoms with Gasteiger partial charge in [-0.15, -0.1) is 11.8 Å². The van der Waals surface area contributed by atoms with Crippen LogP contribution >= 0.6 is 0 Å². The first-order chi connectivity index (χ1) is 7.29. The van der Waals surface area contributed by atoms with Crippen LogP contribution in [0.4, 0.5) is 0 Å². The minimum absolute atomic E-state index is 0.212. The predicted octanol–water partition coefficient (Wildman–Crippen LogP) is 1.83. The van der Waals surface area contributed by atoms with Crippen molar-refractivity contribution in [2.24, 2.45) is 5.84 Å². The molecule has 2 atom stereocenters. The minimum Gasteiger partial charge on any atom is -0.377 e. The average molecular weight is 212 g/mol. The summed E-state index contributed by atoms with van der Waals surface area (Å²) in [6, 6.07) is 0.214.